The molecule has 7 N–H and O–H groups in total. The van der Waals surface area contributed by atoms with E-state index in [9.17, 15) is 29.7 Å². The summed E-state index contributed by atoms with van der Waals surface area (Å²) in [5.41, 5.74) is 0. The summed E-state index contributed by atoms with van der Waals surface area (Å²) in [6, 6.07) is 0. The van der Waals surface area contributed by atoms with Crippen LogP contribution in [-0.2, 0) is 14.4 Å². The fourth-order valence-electron chi connectivity index (χ4n) is 3.73. The van der Waals surface area contributed by atoms with E-state index >= 15 is 0 Å². The van der Waals surface area contributed by atoms with Crippen LogP contribution in [0.4, 0.5) is 0 Å². The number of carboxylic acids is 2. The van der Waals surface area contributed by atoms with Gasteiger partial charge in [-0.25, -0.2) is 0 Å². The van der Waals surface area contributed by atoms with Crippen LogP contribution in [0.5, 0.6) is 0 Å². The Kier molecular flexibility index (Phi) is 19.9. The van der Waals surface area contributed by atoms with Crippen LogP contribution < -0.4 is 0 Å². The molecule has 0 saturated heterocycles. The third kappa shape index (κ3) is 16.5. The van der Waals surface area contributed by atoms with E-state index in [2.05, 4.69) is 0 Å². The summed E-state index contributed by atoms with van der Waals surface area (Å²) in [7, 11) is 0. The molecule has 37 heavy (non-hydrogen) atoms. The van der Waals surface area contributed by atoms with Gasteiger partial charge in [-0.3, -0.25) is 29.1 Å². The molecule has 15 heteroatoms. The zero-order valence-corrected chi connectivity index (χ0v) is 21.7. The number of aliphatic carboxylic acids is 2. The number of rotatable bonds is 24. The highest BCUT2D eigenvalue weighted by atomic mass is 16.4. The molecule has 0 spiro atoms. The number of carboxylic acid groups (broad SMARTS) is 2. The van der Waals surface area contributed by atoms with Gasteiger partial charge in [-0.05, 0) is 6.54 Å². The predicted molar refractivity (Wildman–Crippen MR) is 133 cm³/mol. The third-order valence-electron chi connectivity index (χ3n) is 5.70. The van der Waals surface area contributed by atoms with E-state index in [4.69, 9.17) is 20.4 Å². The summed E-state index contributed by atoms with van der Waals surface area (Å²) in [5.74, 6) is -2.60. The number of hydrogen-bond donors (Lipinski definition) is 7. The molecule has 0 aliphatic heterocycles. The summed E-state index contributed by atoms with van der Waals surface area (Å²) < 4.78 is 0. The van der Waals surface area contributed by atoms with Crippen molar-refractivity contribution in [3.8, 4) is 0 Å². The zero-order valence-electron chi connectivity index (χ0n) is 21.7. The zero-order chi connectivity index (χ0) is 28.2. The second-order valence-electron chi connectivity index (χ2n) is 8.46. The molecular formula is C22H45N5O10. The van der Waals surface area contributed by atoms with Gasteiger partial charge < -0.3 is 45.5 Å². The van der Waals surface area contributed by atoms with Crippen LogP contribution in [0.1, 0.15) is 6.92 Å². The summed E-state index contributed by atoms with van der Waals surface area (Å²) >= 11 is 0. The van der Waals surface area contributed by atoms with Crippen molar-refractivity contribution in [3.05, 3.63) is 0 Å². The Morgan fingerprint density at radius 3 is 1.49 bits per heavy atom. The van der Waals surface area contributed by atoms with Crippen molar-refractivity contribution in [3.63, 3.8) is 0 Å². The Balaban J connectivity index is 5.10. The average molecular weight is 540 g/mol. The molecule has 1 amide bonds. The van der Waals surface area contributed by atoms with E-state index in [1.165, 1.54) is 19.6 Å². The van der Waals surface area contributed by atoms with Gasteiger partial charge in [-0.1, -0.05) is 6.92 Å². The van der Waals surface area contributed by atoms with Gasteiger partial charge in [0.15, 0.2) is 0 Å². The second-order valence-corrected chi connectivity index (χ2v) is 8.46. The molecule has 15 nitrogen and oxygen atoms in total. The monoisotopic (exact) mass is 539 g/mol. The summed E-state index contributed by atoms with van der Waals surface area (Å²) in [5, 5.41) is 65.6. The highest BCUT2D eigenvalue weighted by molar-refractivity contribution is 5.79. The number of nitrogens with zero attached hydrogens (tertiary/aromatic N) is 5. The first kappa shape index (κ1) is 35.0. The minimum absolute atomic E-state index is 0.0188. The summed E-state index contributed by atoms with van der Waals surface area (Å²) in [4.78, 5) is 42.8. The highest BCUT2D eigenvalue weighted by Gasteiger charge is 2.22. The largest absolute Gasteiger partial charge is 0.480 e. The first-order valence-corrected chi connectivity index (χ1v) is 12.4. The fraction of sp³-hybridized carbons (Fsp3) is 0.864. The molecule has 0 aliphatic rings. The van der Waals surface area contributed by atoms with Crippen molar-refractivity contribution in [1.29, 1.82) is 0 Å². The predicted octanol–water partition coefficient (Wildman–Crippen LogP) is -4.50. The number of likely N-dealkylation sites (N-methyl/N-ethyl adjacent to an activating group) is 1. The standard InChI is InChI=1S/C22H45N5O10/c1-2-23(3-5-24(17-21(34)35)15-19(32)26(7-11-28)8-12-29)4-6-25(18-22(36)37)16-20(33)27(9-13-30)10-14-31/h19,28-32H,2-18H2,1H3,(H,34,35)(H,36,37). The van der Waals surface area contributed by atoms with Crippen LogP contribution in [0.25, 0.3) is 0 Å². The molecule has 0 aromatic rings. The molecule has 1 unspecified atom stereocenters. The number of carbonyl (C=O) groups is 3. The van der Waals surface area contributed by atoms with Crippen molar-refractivity contribution in [2.45, 2.75) is 13.2 Å². The lowest BCUT2D eigenvalue weighted by Gasteiger charge is -2.32. The number of amides is 1. The normalized spacial score (nSPS) is 12.6. The van der Waals surface area contributed by atoms with Gasteiger partial charge in [-0.2, -0.15) is 0 Å². The van der Waals surface area contributed by atoms with Crippen LogP contribution >= 0.6 is 0 Å². The smallest absolute Gasteiger partial charge is 0.317 e. The minimum Gasteiger partial charge on any atom is -0.480 e. The fourth-order valence-corrected chi connectivity index (χ4v) is 3.73. The SMILES string of the molecule is CCN(CCN(CC(=O)O)CC(=O)N(CCO)CCO)CCN(CC(=O)O)CC(O)N(CCO)CCO. The molecule has 0 rings (SSSR count). The van der Waals surface area contributed by atoms with Crippen LogP contribution in [0, 0.1) is 0 Å². The van der Waals surface area contributed by atoms with Crippen molar-refractivity contribution in [1.82, 2.24) is 24.5 Å². The minimum atomic E-state index is -1.11. The van der Waals surface area contributed by atoms with Crippen LogP contribution in [0.3, 0.4) is 0 Å². The molecule has 0 aromatic heterocycles. The maximum atomic E-state index is 12.5. The van der Waals surface area contributed by atoms with E-state index in [1.54, 1.807) is 0 Å². The summed E-state index contributed by atoms with van der Waals surface area (Å²) in [6.45, 7) is 2.12. The van der Waals surface area contributed by atoms with Gasteiger partial charge in [0.1, 0.15) is 6.23 Å². The Bertz CT molecular complexity index is 633. The molecule has 0 aromatic carbocycles. The molecule has 0 heterocycles. The van der Waals surface area contributed by atoms with Crippen molar-refractivity contribution >= 4 is 17.8 Å². The lowest BCUT2D eigenvalue weighted by molar-refractivity contribution is -0.140. The van der Waals surface area contributed by atoms with Crippen molar-refractivity contribution in [2.24, 2.45) is 0 Å². The first-order chi connectivity index (χ1) is 17.6. The Labute approximate surface area is 217 Å². The quantitative estimate of drug-likeness (QED) is 0.0577. The van der Waals surface area contributed by atoms with Gasteiger partial charge in [0.25, 0.3) is 0 Å². The van der Waals surface area contributed by atoms with E-state index in [-0.39, 0.29) is 91.9 Å². The van der Waals surface area contributed by atoms with E-state index in [1.807, 2.05) is 11.8 Å². The number of hydrogen-bond acceptors (Lipinski definition) is 12. The van der Waals surface area contributed by atoms with Crippen LogP contribution in [-0.4, -0.2) is 196 Å². The molecule has 0 radical (unpaired) electrons. The van der Waals surface area contributed by atoms with Crippen molar-refractivity contribution in [2.75, 3.05) is 112 Å². The molecule has 218 valence electrons. The lowest BCUT2D eigenvalue weighted by atomic mass is 10.3. The Morgan fingerprint density at radius 2 is 1.05 bits per heavy atom. The number of carbonyl (C=O) groups excluding carboxylic acids is 1. The molecule has 0 fully saturated rings. The van der Waals surface area contributed by atoms with Crippen molar-refractivity contribution < 1.29 is 50.1 Å². The van der Waals surface area contributed by atoms with E-state index in [0.717, 1.165) is 0 Å². The maximum absolute atomic E-state index is 12.5. The molecule has 0 saturated carbocycles. The Hall–Kier alpha value is -1.95. The second kappa shape index (κ2) is 21.0. The van der Waals surface area contributed by atoms with Gasteiger partial charge in [0, 0.05) is 58.9 Å². The molecule has 1 atom stereocenters. The first-order valence-electron chi connectivity index (χ1n) is 12.4. The average Bonchev–Trinajstić information content (AvgIpc) is 2.82. The molecule has 0 bridgehead atoms. The topological polar surface area (TPSA) is 209 Å². The number of aliphatic hydroxyl groups is 5. The van der Waals surface area contributed by atoms with Gasteiger partial charge in [-0.15, -0.1) is 0 Å². The van der Waals surface area contributed by atoms with Crippen LogP contribution in [0.15, 0.2) is 0 Å². The van der Waals surface area contributed by atoms with E-state index in [0.29, 0.717) is 19.6 Å². The highest BCUT2D eigenvalue weighted by Crippen LogP contribution is 2.02. The molecule has 0 aliphatic carbocycles. The van der Waals surface area contributed by atoms with Gasteiger partial charge >= 0.3 is 11.9 Å². The van der Waals surface area contributed by atoms with E-state index < -0.39 is 24.1 Å². The molecular weight excluding hydrogens is 494 g/mol. The lowest BCUT2D eigenvalue weighted by Crippen LogP contribution is -2.49. The number of aliphatic hydroxyl groups excluding tert-OH is 5. The Morgan fingerprint density at radius 1 is 0.622 bits per heavy atom. The van der Waals surface area contributed by atoms with Crippen LogP contribution in [0.2, 0.25) is 0 Å². The summed E-state index contributed by atoms with van der Waals surface area (Å²) in [6.07, 6.45) is -1.09. The third-order valence-corrected chi connectivity index (χ3v) is 5.70. The van der Waals surface area contributed by atoms with Gasteiger partial charge in [0.05, 0.1) is 46.1 Å². The van der Waals surface area contributed by atoms with Gasteiger partial charge in [0.2, 0.25) is 5.91 Å². The maximum Gasteiger partial charge on any atom is 0.317 e.